The molecule has 11 aromatic rings. The number of benzene rings is 7. The van der Waals surface area contributed by atoms with E-state index in [1.807, 2.05) is 0 Å². The lowest BCUT2D eigenvalue weighted by molar-refractivity contribution is 1.10. The highest BCUT2D eigenvalue weighted by atomic mass is 15.2. The molecule has 0 fully saturated rings. The molecule has 0 spiro atoms. The van der Waals surface area contributed by atoms with E-state index in [9.17, 15) is 0 Å². The van der Waals surface area contributed by atoms with Gasteiger partial charge in [0.2, 0.25) is 5.78 Å². The highest BCUT2D eigenvalue weighted by molar-refractivity contribution is 6.20. The summed E-state index contributed by atoms with van der Waals surface area (Å²) in [6.45, 7) is 0. The van der Waals surface area contributed by atoms with Gasteiger partial charge in [-0.3, -0.25) is 13.4 Å². The molecule has 45 heavy (non-hydrogen) atoms. The zero-order valence-electron chi connectivity index (χ0n) is 24.0. The standard InChI is InChI=1S/C40H23N5/c1-2-14-29(15-3-1)43-34-17-9-8-16-32(34)41-39(43)28-19-31-30-18-24-10-4-6-12-26(24)21-35(30)45-38(31)37(23-28)44-36-22-27-13-7-5-11-25(27)20-33(36)42-40(44)45/h1-23H. The van der Waals surface area contributed by atoms with Crippen molar-refractivity contribution < 1.29 is 0 Å². The molecule has 0 atom stereocenters. The van der Waals surface area contributed by atoms with E-state index in [0.29, 0.717) is 0 Å². The van der Waals surface area contributed by atoms with Gasteiger partial charge in [0.15, 0.2) is 0 Å². The number of fused-ring (bicyclic) bond motifs is 11. The van der Waals surface area contributed by atoms with Gasteiger partial charge in [0.1, 0.15) is 5.82 Å². The Morgan fingerprint density at radius 3 is 1.89 bits per heavy atom. The highest BCUT2D eigenvalue weighted by Crippen LogP contribution is 2.42. The summed E-state index contributed by atoms with van der Waals surface area (Å²) in [4.78, 5) is 10.5. The van der Waals surface area contributed by atoms with Crippen molar-refractivity contribution in [3.8, 4) is 17.1 Å². The Hall–Kier alpha value is -6.20. The van der Waals surface area contributed by atoms with Crippen LogP contribution >= 0.6 is 0 Å². The van der Waals surface area contributed by atoms with Crippen LogP contribution in [0.2, 0.25) is 0 Å². The summed E-state index contributed by atoms with van der Waals surface area (Å²) >= 11 is 0. The number of nitrogens with zero attached hydrogens (tertiary/aromatic N) is 5. The Labute approximate surface area is 256 Å². The van der Waals surface area contributed by atoms with Gasteiger partial charge in [0, 0.05) is 22.0 Å². The maximum absolute atomic E-state index is 5.29. The number of aromatic nitrogens is 5. The Bertz CT molecular complexity index is 2980. The Morgan fingerprint density at radius 2 is 1.09 bits per heavy atom. The van der Waals surface area contributed by atoms with Gasteiger partial charge in [-0.2, -0.15) is 0 Å². The van der Waals surface area contributed by atoms with Gasteiger partial charge in [-0.1, -0.05) is 78.9 Å². The van der Waals surface area contributed by atoms with Crippen LogP contribution in [-0.2, 0) is 0 Å². The third-order valence-electron chi connectivity index (χ3n) is 9.49. The minimum atomic E-state index is 0.922. The predicted octanol–water partition coefficient (Wildman–Crippen LogP) is 9.80. The quantitative estimate of drug-likeness (QED) is 0.206. The molecule has 0 saturated heterocycles. The number of hydrogen-bond acceptors (Lipinski definition) is 2. The summed E-state index contributed by atoms with van der Waals surface area (Å²) in [5, 5.41) is 7.27. The molecule has 4 aromatic heterocycles. The van der Waals surface area contributed by atoms with Gasteiger partial charge in [0.25, 0.3) is 0 Å². The molecule has 0 unspecified atom stereocenters. The maximum atomic E-state index is 5.29. The van der Waals surface area contributed by atoms with Crippen molar-refractivity contribution in [1.82, 2.24) is 23.3 Å². The summed E-state index contributed by atoms with van der Waals surface area (Å²) in [5.41, 5.74) is 9.80. The molecule has 7 aromatic carbocycles. The second-order valence-corrected chi connectivity index (χ2v) is 12.0. The molecule has 0 radical (unpaired) electrons. The first-order chi connectivity index (χ1) is 22.3. The van der Waals surface area contributed by atoms with E-state index in [4.69, 9.17) is 9.97 Å². The molecule has 0 N–H and O–H groups in total. The molecule has 0 bridgehead atoms. The first-order valence-corrected chi connectivity index (χ1v) is 15.3. The first-order valence-electron chi connectivity index (χ1n) is 15.3. The fourth-order valence-corrected chi connectivity index (χ4v) is 7.51. The molecule has 208 valence electrons. The molecule has 0 aliphatic heterocycles. The SMILES string of the molecule is c1ccc(-n2c(-c3cc4c5cc6ccccc6cc5n5c4c(c3)n3c4cc6ccccc6cc4nc35)nc3ccccc32)cc1. The Morgan fingerprint density at radius 1 is 0.422 bits per heavy atom. The number of imidazole rings is 3. The molecule has 0 aliphatic carbocycles. The second kappa shape index (κ2) is 8.24. The van der Waals surface area contributed by atoms with Crippen LogP contribution in [0.15, 0.2) is 140 Å². The fourth-order valence-electron chi connectivity index (χ4n) is 7.51. The van der Waals surface area contributed by atoms with Crippen molar-refractivity contribution in [2.45, 2.75) is 0 Å². The smallest absolute Gasteiger partial charge is 0.220 e. The zero-order valence-corrected chi connectivity index (χ0v) is 24.0. The molecule has 5 nitrogen and oxygen atoms in total. The molecule has 0 saturated carbocycles. The van der Waals surface area contributed by atoms with Crippen LogP contribution in [0.3, 0.4) is 0 Å². The average Bonchev–Trinajstić information content (AvgIpc) is 3.82. The van der Waals surface area contributed by atoms with Crippen molar-refractivity contribution in [1.29, 1.82) is 0 Å². The predicted molar refractivity (Wildman–Crippen MR) is 185 cm³/mol. The van der Waals surface area contributed by atoms with Gasteiger partial charge < -0.3 is 0 Å². The van der Waals surface area contributed by atoms with Gasteiger partial charge in [0.05, 0.1) is 38.6 Å². The van der Waals surface area contributed by atoms with Crippen molar-refractivity contribution >= 4 is 76.7 Å². The number of rotatable bonds is 2. The average molecular weight is 574 g/mol. The zero-order chi connectivity index (χ0) is 29.2. The van der Waals surface area contributed by atoms with Crippen LogP contribution in [0.1, 0.15) is 0 Å². The minimum absolute atomic E-state index is 0.922. The Kier molecular flexibility index (Phi) is 4.26. The second-order valence-electron chi connectivity index (χ2n) is 12.0. The molecule has 0 amide bonds. The third kappa shape index (κ3) is 3.01. The van der Waals surface area contributed by atoms with Gasteiger partial charge >= 0.3 is 0 Å². The van der Waals surface area contributed by atoms with Crippen LogP contribution in [0, 0.1) is 0 Å². The van der Waals surface area contributed by atoms with Crippen LogP contribution in [0.4, 0.5) is 0 Å². The molecular weight excluding hydrogens is 550 g/mol. The molecule has 11 rings (SSSR count). The van der Waals surface area contributed by atoms with E-state index in [1.54, 1.807) is 0 Å². The van der Waals surface area contributed by atoms with E-state index in [1.165, 1.54) is 37.8 Å². The van der Waals surface area contributed by atoms with E-state index >= 15 is 0 Å². The van der Waals surface area contributed by atoms with Crippen LogP contribution in [-0.4, -0.2) is 23.3 Å². The number of hydrogen-bond donors (Lipinski definition) is 0. The highest BCUT2D eigenvalue weighted by Gasteiger charge is 2.24. The third-order valence-corrected chi connectivity index (χ3v) is 9.49. The number of para-hydroxylation sites is 3. The summed E-state index contributed by atoms with van der Waals surface area (Å²) < 4.78 is 6.99. The monoisotopic (exact) mass is 573 g/mol. The van der Waals surface area contributed by atoms with Gasteiger partial charge in [-0.25, -0.2) is 9.97 Å². The van der Waals surface area contributed by atoms with Crippen LogP contribution in [0.25, 0.3) is 93.8 Å². The van der Waals surface area contributed by atoms with E-state index in [-0.39, 0.29) is 0 Å². The largest absolute Gasteiger partial charge is 0.292 e. The summed E-state index contributed by atoms with van der Waals surface area (Å²) in [6, 6.07) is 49.9. The normalized spacial score (nSPS) is 12.4. The lowest BCUT2D eigenvalue weighted by Gasteiger charge is -2.10. The molecule has 0 aliphatic rings. The Balaban J connectivity index is 1.35. The van der Waals surface area contributed by atoms with Gasteiger partial charge in [-0.15, -0.1) is 0 Å². The van der Waals surface area contributed by atoms with E-state index < -0.39 is 0 Å². The topological polar surface area (TPSA) is 39.5 Å². The first kappa shape index (κ1) is 23.3. The lowest BCUT2D eigenvalue weighted by atomic mass is 10.0. The van der Waals surface area contributed by atoms with Crippen molar-refractivity contribution in [2.24, 2.45) is 0 Å². The van der Waals surface area contributed by atoms with E-state index in [0.717, 1.165) is 56.0 Å². The van der Waals surface area contributed by atoms with Crippen molar-refractivity contribution in [3.05, 3.63) is 140 Å². The van der Waals surface area contributed by atoms with Crippen LogP contribution < -0.4 is 0 Å². The van der Waals surface area contributed by atoms with Gasteiger partial charge in [-0.05, 0) is 82.2 Å². The van der Waals surface area contributed by atoms with E-state index in [2.05, 4.69) is 153 Å². The lowest BCUT2D eigenvalue weighted by Crippen LogP contribution is -1.97. The van der Waals surface area contributed by atoms with Crippen LogP contribution in [0.5, 0.6) is 0 Å². The van der Waals surface area contributed by atoms with Crippen molar-refractivity contribution in [2.75, 3.05) is 0 Å². The summed E-state index contributed by atoms with van der Waals surface area (Å²) in [6.07, 6.45) is 0. The summed E-state index contributed by atoms with van der Waals surface area (Å²) in [7, 11) is 0. The molecule has 4 heterocycles. The maximum Gasteiger partial charge on any atom is 0.220 e. The minimum Gasteiger partial charge on any atom is -0.292 e. The molecule has 5 heteroatoms. The molecular formula is C40H23N5. The van der Waals surface area contributed by atoms with Crippen molar-refractivity contribution in [3.63, 3.8) is 0 Å². The fraction of sp³-hybridized carbons (Fsp3) is 0. The summed E-state index contributed by atoms with van der Waals surface area (Å²) in [5.74, 6) is 1.85.